The molecule has 1 heterocycles. The summed E-state index contributed by atoms with van der Waals surface area (Å²) in [7, 11) is 3.41. The lowest BCUT2D eigenvalue weighted by Crippen LogP contribution is -1.99. The fraction of sp³-hybridized carbons (Fsp3) is 0.118. The van der Waals surface area contributed by atoms with E-state index < -0.39 is 4.92 Å². The highest BCUT2D eigenvalue weighted by Crippen LogP contribution is 2.28. The van der Waals surface area contributed by atoms with E-state index in [2.05, 4.69) is 10.5 Å². The van der Waals surface area contributed by atoms with Crippen LogP contribution in [-0.4, -0.2) is 22.8 Å². The van der Waals surface area contributed by atoms with E-state index in [1.165, 1.54) is 13.2 Å². The Labute approximate surface area is 138 Å². The predicted molar refractivity (Wildman–Crippen MR) is 93.8 cm³/mol. The molecule has 0 bridgehead atoms. The van der Waals surface area contributed by atoms with Crippen LogP contribution in [0, 0.1) is 10.1 Å². The van der Waals surface area contributed by atoms with E-state index in [-0.39, 0.29) is 5.69 Å². The Morgan fingerprint density at radius 3 is 2.75 bits per heavy atom. The van der Waals surface area contributed by atoms with Crippen LogP contribution in [0.2, 0.25) is 0 Å². The first kappa shape index (κ1) is 15.5. The zero-order valence-electron chi connectivity index (χ0n) is 13.3. The average molecular weight is 324 g/mol. The van der Waals surface area contributed by atoms with Gasteiger partial charge in [-0.05, 0) is 24.3 Å². The van der Waals surface area contributed by atoms with Gasteiger partial charge in [-0.25, -0.2) is 0 Å². The molecule has 0 spiro atoms. The number of nitrogens with one attached hydrogen (secondary N) is 1. The minimum Gasteiger partial charge on any atom is -0.496 e. The second-order valence-electron chi connectivity index (χ2n) is 5.20. The highest BCUT2D eigenvalue weighted by molar-refractivity contribution is 5.90. The summed E-state index contributed by atoms with van der Waals surface area (Å²) in [4.78, 5) is 10.7. The van der Waals surface area contributed by atoms with Gasteiger partial charge in [-0.1, -0.05) is 18.2 Å². The summed E-state index contributed by atoms with van der Waals surface area (Å²) in [5.41, 5.74) is 4.91. The number of nitro benzene ring substituents is 1. The van der Waals surface area contributed by atoms with E-state index in [9.17, 15) is 10.1 Å². The van der Waals surface area contributed by atoms with Crippen molar-refractivity contribution in [3.8, 4) is 5.75 Å². The number of hydrogen-bond donors (Lipinski definition) is 1. The number of nitrogens with zero attached hydrogens (tertiary/aromatic N) is 3. The van der Waals surface area contributed by atoms with Gasteiger partial charge in [0.2, 0.25) is 0 Å². The van der Waals surface area contributed by atoms with E-state index in [0.29, 0.717) is 11.4 Å². The molecule has 0 aliphatic carbocycles. The van der Waals surface area contributed by atoms with Gasteiger partial charge < -0.3 is 9.30 Å². The molecule has 0 unspecified atom stereocenters. The number of hydrogen-bond acceptors (Lipinski definition) is 5. The summed E-state index contributed by atoms with van der Waals surface area (Å²) < 4.78 is 7.01. The van der Waals surface area contributed by atoms with Crippen LogP contribution in [0.3, 0.4) is 0 Å². The first-order valence-corrected chi connectivity index (χ1v) is 7.26. The van der Waals surface area contributed by atoms with Gasteiger partial charge in [0, 0.05) is 18.0 Å². The van der Waals surface area contributed by atoms with Gasteiger partial charge in [-0.2, -0.15) is 5.10 Å². The lowest BCUT2D eigenvalue weighted by Gasteiger charge is -2.04. The van der Waals surface area contributed by atoms with E-state index in [1.807, 2.05) is 41.9 Å². The SMILES string of the molecule is COc1ccc(N/N=C/c2cc3ccccc3n2C)c([N+](=O)[O-])c1. The summed E-state index contributed by atoms with van der Waals surface area (Å²) in [6.07, 6.45) is 1.63. The Hall–Kier alpha value is -3.35. The fourth-order valence-corrected chi connectivity index (χ4v) is 2.49. The molecule has 0 saturated heterocycles. The van der Waals surface area contributed by atoms with Gasteiger partial charge >= 0.3 is 0 Å². The van der Waals surface area contributed by atoms with Crippen LogP contribution in [0.15, 0.2) is 53.6 Å². The third kappa shape index (κ3) is 2.91. The fourth-order valence-electron chi connectivity index (χ4n) is 2.49. The molecule has 0 radical (unpaired) electrons. The van der Waals surface area contributed by atoms with Crippen LogP contribution >= 0.6 is 0 Å². The van der Waals surface area contributed by atoms with Crippen molar-refractivity contribution in [2.24, 2.45) is 12.1 Å². The maximum atomic E-state index is 11.1. The summed E-state index contributed by atoms with van der Waals surface area (Å²) in [6.45, 7) is 0. The van der Waals surface area contributed by atoms with Crippen molar-refractivity contribution < 1.29 is 9.66 Å². The van der Waals surface area contributed by atoms with Crippen LogP contribution < -0.4 is 10.2 Å². The number of aromatic nitrogens is 1. The van der Waals surface area contributed by atoms with E-state index >= 15 is 0 Å². The molecular weight excluding hydrogens is 308 g/mol. The molecule has 0 saturated carbocycles. The summed E-state index contributed by atoms with van der Waals surface area (Å²) in [5.74, 6) is 0.421. The van der Waals surface area contributed by atoms with Gasteiger partial charge in [0.15, 0.2) is 0 Å². The topological polar surface area (TPSA) is 81.7 Å². The van der Waals surface area contributed by atoms with Crippen molar-refractivity contribution in [3.05, 3.63) is 64.3 Å². The maximum absolute atomic E-state index is 11.1. The van der Waals surface area contributed by atoms with Crippen LogP contribution in [0.25, 0.3) is 10.9 Å². The first-order valence-electron chi connectivity index (χ1n) is 7.26. The second-order valence-corrected chi connectivity index (χ2v) is 5.20. The molecule has 7 heteroatoms. The van der Waals surface area contributed by atoms with Gasteiger partial charge in [-0.3, -0.25) is 15.5 Å². The number of anilines is 1. The van der Waals surface area contributed by atoms with Crippen LogP contribution in [0.1, 0.15) is 5.69 Å². The minimum absolute atomic E-state index is 0.0939. The molecule has 0 fully saturated rings. The van der Waals surface area contributed by atoms with E-state index in [1.54, 1.807) is 18.3 Å². The molecule has 3 rings (SSSR count). The summed E-state index contributed by atoms with van der Waals surface area (Å²) in [6, 6.07) is 14.6. The Bertz CT molecular complexity index is 931. The largest absolute Gasteiger partial charge is 0.496 e. The zero-order chi connectivity index (χ0) is 17.1. The molecular formula is C17H16N4O3. The van der Waals surface area contributed by atoms with E-state index in [0.717, 1.165) is 16.6 Å². The third-order valence-corrected chi connectivity index (χ3v) is 3.77. The molecule has 1 aromatic heterocycles. The number of benzene rings is 2. The molecule has 0 aliphatic heterocycles. The van der Waals surface area contributed by atoms with Gasteiger partial charge in [0.1, 0.15) is 11.4 Å². The monoisotopic (exact) mass is 324 g/mol. The van der Waals surface area contributed by atoms with Crippen molar-refractivity contribution in [2.45, 2.75) is 0 Å². The zero-order valence-corrected chi connectivity index (χ0v) is 13.3. The number of aryl methyl sites for hydroxylation is 1. The molecule has 0 atom stereocenters. The molecule has 1 N–H and O–H groups in total. The molecule has 24 heavy (non-hydrogen) atoms. The quantitative estimate of drug-likeness (QED) is 0.442. The number of nitro groups is 1. The summed E-state index contributed by atoms with van der Waals surface area (Å²) >= 11 is 0. The van der Waals surface area contributed by atoms with Crippen LogP contribution in [-0.2, 0) is 7.05 Å². The first-order chi connectivity index (χ1) is 11.6. The number of hydrazone groups is 1. The van der Waals surface area contributed by atoms with Crippen molar-refractivity contribution in [3.63, 3.8) is 0 Å². The molecule has 0 aliphatic rings. The lowest BCUT2D eigenvalue weighted by atomic mass is 10.2. The Morgan fingerprint density at radius 1 is 1.25 bits per heavy atom. The molecule has 7 nitrogen and oxygen atoms in total. The average Bonchev–Trinajstić information content (AvgIpc) is 2.91. The van der Waals surface area contributed by atoms with Crippen molar-refractivity contribution in [2.75, 3.05) is 12.5 Å². The molecule has 3 aromatic rings. The standard InChI is InChI=1S/C17H16N4O3/c1-20-13(9-12-5-3-4-6-16(12)20)11-18-19-15-8-7-14(24-2)10-17(15)21(22)23/h3-11,19H,1-2H3/b18-11+. The van der Waals surface area contributed by atoms with Gasteiger partial charge in [0.05, 0.1) is 30.0 Å². The molecule has 0 amide bonds. The van der Waals surface area contributed by atoms with Crippen LogP contribution in [0.4, 0.5) is 11.4 Å². The number of fused-ring (bicyclic) bond motifs is 1. The van der Waals surface area contributed by atoms with Gasteiger partial charge in [0.25, 0.3) is 5.69 Å². The molecule has 122 valence electrons. The van der Waals surface area contributed by atoms with Crippen molar-refractivity contribution in [1.29, 1.82) is 0 Å². The smallest absolute Gasteiger partial charge is 0.297 e. The highest BCUT2D eigenvalue weighted by Gasteiger charge is 2.14. The van der Waals surface area contributed by atoms with Crippen molar-refractivity contribution in [1.82, 2.24) is 4.57 Å². The predicted octanol–water partition coefficient (Wildman–Crippen LogP) is 3.54. The Morgan fingerprint density at radius 2 is 2.04 bits per heavy atom. The number of ether oxygens (including phenoxy) is 1. The normalized spacial score (nSPS) is 11.1. The maximum Gasteiger partial charge on any atom is 0.297 e. The second kappa shape index (κ2) is 6.41. The minimum atomic E-state index is -0.475. The van der Waals surface area contributed by atoms with Gasteiger partial charge in [-0.15, -0.1) is 0 Å². The Balaban J connectivity index is 1.85. The number of rotatable bonds is 5. The summed E-state index contributed by atoms with van der Waals surface area (Å²) in [5, 5.41) is 16.4. The highest BCUT2D eigenvalue weighted by atomic mass is 16.6. The molecule has 2 aromatic carbocycles. The number of methoxy groups -OCH3 is 1. The number of para-hydroxylation sites is 1. The lowest BCUT2D eigenvalue weighted by molar-refractivity contribution is -0.384. The Kier molecular flexibility index (Phi) is 4.15. The van der Waals surface area contributed by atoms with E-state index in [4.69, 9.17) is 4.74 Å². The van der Waals surface area contributed by atoms with Crippen molar-refractivity contribution >= 4 is 28.5 Å². The third-order valence-electron chi connectivity index (χ3n) is 3.77. The van der Waals surface area contributed by atoms with Crippen LogP contribution in [0.5, 0.6) is 5.75 Å².